The van der Waals surface area contributed by atoms with Crippen LogP contribution in [0.25, 0.3) is 0 Å². The molecule has 1 heterocycles. The highest BCUT2D eigenvalue weighted by Crippen LogP contribution is 2.11. The van der Waals surface area contributed by atoms with Crippen LogP contribution in [0.15, 0.2) is 18.2 Å². The summed E-state index contributed by atoms with van der Waals surface area (Å²) >= 11 is 0. The Hall–Kier alpha value is -1.09. The Morgan fingerprint density at radius 1 is 1.35 bits per heavy atom. The van der Waals surface area contributed by atoms with Gasteiger partial charge < -0.3 is 10.2 Å². The fourth-order valence-corrected chi connectivity index (χ4v) is 1.81. The van der Waals surface area contributed by atoms with Gasteiger partial charge in [-0.3, -0.25) is 0 Å². The smallest absolute Gasteiger partial charge is 0.128 e. The molecule has 0 radical (unpaired) electrons. The van der Waals surface area contributed by atoms with E-state index in [0.717, 1.165) is 37.6 Å². The Kier molecular flexibility index (Phi) is 5.98. The normalized spacial score (nSPS) is 10.9. The molecule has 3 heteroatoms. The second-order valence-corrected chi connectivity index (χ2v) is 4.94. The summed E-state index contributed by atoms with van der Waals surface area (Å²) in [5.74, 6) is 1.72. The zero-order valence-electron chi connectivity index (χ0n) is 11.5. The molecule has 0 aliphatic carbocycles. The van der Waals surface area contributed by atoms with Gasteiger partial charge in [-0.05, 0) is 31.0 Å². The summed E-state index contributed by atoms with van der Waals surface area (Å²) in [6.45, 7) is 9.57. The zero-order chi connectivity index (χ0) is 12.7. The van der Waals surface area contributed by atoms with Crippen molar-refractivity contribution >= 4 is 5.82 Å². The maximum Gasteiger partial charge on any atom is 0.128 e. The standard InChI is InChI=1S/C14H25N3/c1-5-9-15-10-13-7-6-8-14(16-13)17(4)11-12(2)3/h6-8,12,15H,5,9-11H2,1-4H3. The second kappa shape index (κ2) is 7.28. The van der Waals surface area contributed by atoms with Crippen LogP contribution in [0.5, 0.6) is 0 Å². The molecule has 0 amide bonds. The first kappa shape index (κ1) is 14.0. The van der Waals surface area contributed by atoms with Crippen molar-refractivity contribution in [2.24, 2.45) is 5.92 Å². The molecule has 0 aliphatic heterocycles. The first-order valence-electron chi connectivity index (χ1n) is 6.51. The number of aromatic nitrogens is 1. The van der Waals surface area contributed by atoms with Crippen LogP contribution in [-0.4, -0.2) is 25.1 Å². The highest BCUT2D eigenvalue weighted by Gasteiger charge is 2.05. The molecule has 1 rings (SSSR count). The minimum absolute atomic E-state index is 0.656. The molecule has 0 saturated heterocycles. The quantitative estimate of drug-likeness (QED) is 0.736. The summed E-state index contributed by atoms with van der Waals surface area (Å²) in [7, 11) is 2.10. The topological polar surface area (TPSA) is 28.2 Å². The largest absolute Gasteiger partial charge is 0.359 e. The van der Waals surface area contributed by atoms with Crippen molar-refractivity contribution in [3.8, 4) is 0 Å². The van der Waals surface area contributed by atoms with Gasteiger partial charge in [0, 0.05) is 20.1 Å². The minimum atomic E-state index is 0.656. The maximum absolute atomic E-state index is 4.66. The molecule has 0 fully saturated rings. The van der Waals surface area contributed by atoms with E-state index in [-0.39, 0.29) is 0 Å². The summed E-state index contributed by atoms with van der Waals surface area (Å²) < 4.78 is 0. The lowest BCUT2D eigenvalue weighted by Gasteiger charge is -2.20. The van der Waals surface area contributed by atoms with Crippen LogP contribution in [0.2, 0.25) is 0 Å². The summed E-state index contributed by atoms with van der Waals surface area (Å²) in [5, 5.41) is 3.38. The SMILES string of the molecule is CCCNCc1cccc(N(C)CC(C)C)n1. The van der Waals surface area contributed by atoms with E-state index >= 15 is 0 Å². The summed E-state index contributed by atoms with van der Waals surface area (Å²) in [6.07, 6.45) is 1.16. The molecule has 96 valence electrons. The number of hydrogen-bond acceptors (Lipinski definition) is 3. The molecule has 1 aromatic heterocycles. The lowest BCUT2D eigenvalue weighted by molar-refractivity contribution is 0.630. The van der Waals surface area contributed by atoms with Crippen molar-refractivity contribution in [1.29, 1.82) is 0 Å². The van der Waals surface area contributed by atoms with Crippen molar-refractivity contribution in [2.45, 2.75) is 33.7 Å². The molecule has 0 saturated carbocycles. The Balaban J connectivity index is 2.58. The van der Waals surface area contributed by atoms with Gasteiger partial charge in [0.05, 0.1) is 5.69 Å². The van der Waals surface area contributed by atoms with Gasteiger partial charge in [0.25, 0.3) is 0 Å². The molecular weight excluding hydrogens is 210 g/mol. The number of rotatable bonds is 7. The van der Waals surface area contributed by atoms with E-state index in [0.29, 0.717) is 5.92 Å². The van der Waals surface area contributed by atoms with Crippen molar-refractivity contribution in [2.75, 3.05) is 25.0 Å². The van der Waals surface area contributed by atoms with E-state index in [1.54, 1.807) is 0 Å². The van der Waals surface area contributed by atoms with Gasteiger partial charge in [-0.25, -0.2) is 4.98 Å². The van der Waals surface area contributed by atoms with E-state index in [2.05, 4.69) is 61.2 Å². The molecule has 0 atom stereocenters. The molecule has 0 aliphatic rings. The second-order valence-electron chi connectivity index (χ2n) is 4.94. The van der Waals surface area contributed by atoms with E-state index in [4.69, 9.17) is 0 Å². The van der Waals surface area contributed by atoms with Crippen LogP contribution in [0, 0.1) is 5.92 Å². The molecule has 0 bridgehead atoms. The Bertz CT molecular complexity index is 323. The van der Waals surface area contributed by atoms with Gasteiger partial charge in [0.2, 0.25) is 0 Å². The Labute approximate surface area is 105 Å². The monoisotopic (exact) mass is 235 g/mol. The predicted octanol–water partition coefficient (Wildman–Crippen LogP) is 2.67. The van der Waals surface area contributed by atoms with Gasteiger partial charge in [-0.1, -0.05) is 26.8 Å². The third-order valence-electron chi connectivity index (χ3n) is 2.56. The van der Waals surface area contributed by atoms with E-state index < -0.39 is 0 Å². The van der Waals surface area contributed by atoms with Crippen molar-refractivity contribution in [3.63, 3.8) is 0 Å². The molecule has 0 spiro atoms. The average molecular weight is 235 g/mol. The number of nitrogens with one attached hydrogen (secondary N) is 1. The van der Waals surface area contributed by atoms with Gasteiger partial charge >= 0.3 is 0 Å². The summed E-state index contributed by atoms with van der Waals surface area (Å²) in [5.41, 5.74) is 1.12. The van der Waals surface area contributed by atoms with Crippen LogP contribution in [0.3, 0.4) is 0 Å². The third kappa shape index (κ3) is 5.18. The van der Waals surface area contributed by atoms with Crippen LogP contribution in [-0.2, 0) is 6.54 Å². The van der Waals surface area contributed by atoms with Crippen molar-refractivity contribution < 1.29 is 0 Å². The molecule has 17 heavy (non-hydrogen) atoms. The molecule has 1 aromatic rings. The molecular formula is C14H25N3. The molecule has 1 N–H and O–H groups in total. The third-order valence-corrected chi connectivity index (χ3v) is 2.56. The molecule has 3 nitrogen and oxygen atoms in total. The first-order valence-corrected chi connectivity index (χ1v) is 6.51. The minimum Gasteiger partial charge on any atom is -0.359 e. The number of anilines is 1. The van der Waals surface area contributed by atoms with Crippen LogP contribution in [0.4, 0.5) is 5.82 Å². The Morgan fingerprint density at radius 3 is 2.76 bits per heavy atom. The fourth-order valence-electron chi connectivity index (χ4n) is 1.81. The van der Waals surface area contributed by atoms with Gasteiger partial charge in [0.15, 0.2) is 0 Å². The number of pyridine rings is 1. The molecule has 0 aromatic carbocycles. The van der Waals surface area contributed by atoms with Gasteiger partial charge in [-0.2, -0.15) is 0 Å². The fraction of sp³-hybridized carbons (Fsp3) is 0.643. The highest BCUT2D eigenvalue weighted by atomic mass is 15.2. The van der Waals surface area contributed by atoms with Crippen LogP contribution < -0.4 is 10.2 Å². The summed E-state index contributed by atoms with van der Waals surface area (Å²) in [4.78, 5) is 6.88. The predicted molar refractivity (Wildman–Crippen MR) is 74.3 cm³/mol. The zero-order valence-corrected chi connectivity index (χ0v) is 11.5. The van der Waals surface area contributed by atoms with E-state index in [1.807, 2.05) is 0 Å². The van der Waals surface area contributed by atoms with E-state index in [1.165, 1.54) is 0 Å². The summed E-state index contributed by atoms with van der Waals surface area (Å²) in [6, 6.07) is 6.24. The first-order chi connectivity index (χ1) is 8.13. The maximum atomic E-state index is 4.66. The highest BCUT2D eigenvalue weighted by molar-refractivity contribution is 5.38. The van der Waals surface area contributed by atoms with Gasteiger partial charge in [0.1, 0.15) is 5.82 Å². The number of hydrogen-bond donors (Lipinski definition) is 1. The van der Waals surface area contributed by atoms with E-state index in [9.17, 15) is 0 Å². The van der Waals surface area contributed by atoms with Crippen molar-refractivity contribution in [1.82, 2.24) is 10.3 Å². The van der Waals surface area contributed by atoms with Crippen LogP contribution in [0.1, 0.15) is 32.9 Å². The average Bonchev–Trinajstić information content (AvgIpc) is 2.29. The lowest BCUT2D eigenvalue weighted by atomic mass is 10.2. The van der Waals surface area contributed by atoms with Crippen molar-refractivity contribution in [3.05, 3.63) is 23.9 Å². The Morgan fingerprint density at radius 2 is 2.12 bits per heavy atom. The molecule has 0 unspecified atom stereocenters. The van der Waals surface area contributed by atoms with Gasteiger partial charge in [-0.15, -0.1) is 0 Å². The lowest BCUT2D eigenvalue weighted by Crippen LogP contribution is -2.24. The van der Waals surface area contributed by atoms with Crippen LogP contribution >= 0.6 is 0 Å². The number of nitrogens with zero attached hydrogens (tertiary/aromatic N) is 2.